The Bertz CT molecular complexity index is 1130. The number of carbonyl (C=O) groups is 1. The van der Waals surface area contributed by atoms with E-state index < -0.39 is 0 Å². The molecule has 0 bridgehead atoms. The second-order valence-corrected chi connectivity index (χ2v) is 9.74. The maximum absolute atomic E-state index is 13.2. The molecular weight excluding hydrogens is 411 g/mol. The highest BCUT2D eigenvalue weighted by Gasteiger charge is 2.46. The fourth-order valence-electron chi connectivity index (χ4n) is 4.90. The number of anilines is 2. The van der Waals surface area contributed by atoms with Gasteiger partial charge in [-0.1, -0.05) is 0 Å². The van der Waals surface area contributed by atoms with Crippen molar-refractivity contribution in [2.45, 2.75) is 25.3 Å². The lowest BCUT2D eigenvalue weighted by molar-refractivity contribution is 0.102. The van der Waals surface area contributed by atoms with E-state index in [0.717, 1.165) is 43.3 Å². The molecule has 31 heavy (non-hydrogen) atoms. The monoisotopic (exact) mass is 436 g/mol. The van der Waals surface area contributed by atoms with Gasteiger partial charge in [-0.3, -0.25) is 4.79 Å². The lowest BCUT2D eigenvalue weighted by Crippen LogP contribution is -2.35. The number of thiazole rings is 1. The average Bonchev–Trinajstić information content (AvgIpc) is 3.42. The van der Waals surface area contributed by atoms with Crippen LogP contribution in [-0.2, 0) is 12.0 Å². The van der Waals surface area contributed by atoms with Crippen LogP contribution < -0.4 is 10.2 Å². The third-order valence-electron chi connectivity index (χ3n) is 6.33. The third kappa shape index (κ3) is 3.83. The highest BCUT2D eigenvalue weighted by Crippen LogP contribution is 2.47. The number of amides is 1. The molecule has 2 aliphatic heterocycles. The first kappa shape index (κ1) is 20.2. The molecule has 7 heteroatoms. The van der Waals surface area contributed by atoms with Gasteiger partial charge < -0.3 is 15.1 Å². The Morgan fingerprint density at radius 2 is 2.03 bits per heavy atom. The van der Waals surface area contributed by atoms with E-state index in [1.165, 1.54) is 23.4 Å². The van der Waals surface area contributed by atoms with Gasteiger partial charge in [0.1, 0.15) is 5.82 Å². The van der Waals surface area contributed by atoms with E-state index in [4.69, 9.17) is 0 Å². The van der Waals surface area contributed by atoms with Crippen LogP contribution in [0.25, 0.3) is 0 Å². The normalized spacial score (nSPS) is 20.4. The first-order chi connectivity index (χ1) is 14.9. The smallest absolute Gasteiger partial charge is 0.255 e. The van der Waals surface area contributed by atoms with Gasteiger partial charge in [0.15, 0.2) is 0 Å². The van der Waals surface area contributed by atoms with Crippen LogP contribution >= 0.6 is 11.3 Å². The Kier molecular flexibility index (Phi) is 5.02. The summed E-state index contributed by atoms with van der Waals surface area (Å²) < 4.78 is 13.2. The molecule has 1 atom stereocenters. The summed E-state index contributed by atoms with van der Waals surface area (Å²) in [5.74, 6) is -0.497. The number of aromatic nitrogens is 1. The Morgan fingerprint density at radius 3 is 2.71 bits per heavy atom. The summed E-state index contributed by atoms with van der Waals surface area (Å²) in [7, 11) is 2.16. The summed E-state index contributed by atoms with van der Waals surface area (Å²) in [6.07, 6.45) is 1.08. The minimum atomic E-state index is -0.321. The molecular formula is C24H25FN4OS. The number of hydrogen-bond donors (Lipinski definition) is 1. The van der Waals surface area contributed by atoms with Gasteiger partial charge in [-0.05, 0) is 75.0 Å². The molecule has 0 saturated carbocycles. The molecule has 0 radical (unpaired) electrons. The Balaban J connectivity index is 1.45. The number of halogens is 1. The predicted octanol–water partition coefficient (Wildman–Crippen LogP) is 4.44. The standard InChI is InChI=1S/C24H25FN4OS/c1-16-26-20(13-31-16)12-29-15-24(9-10-28(2)14-24)21-11-17(3-8-22(21)29)23(30)27-19-6-4-18(25)5-7-19/h3-8,11,13H,9-10,12,14-15H2,1-2H3,(H,27,30). The fourth-order valence-corrected chi connectivity index (χ4v) is 5.50. The number of nitrogens with one attached hydrogen (secondary N) is 1. The van der Waals surface area contributed by atoms with Crippen LogP contribution in [0.5, 0.6) is 0 Å². The van der Waals surface area contributed by atoms with Gasteiger partial charge in [-0.25, -0.2) is 9.37 Å². The zero-order chi connectivity index (χ0) is 21.6. The summed E-state index contributed by atoms with van der Waals surface area (Å²) in [4.78, 5) is 22.3. The maximum atomic E-state index is 13.2. The van der Waals surface area contributed by atoms with Gasteiger partial charge in [0.2, 0.25) is 0 Å². The molecule has 1 fully saturated rings. The van der Waals surface area contributed by atoms with Crippen LogP contribution in [0.1, 0.15) is 33.0 Å². The summed E-state index contributed by atoms with van der Waals surface area (Å²) in [6, 6.07) is 11.9. The lowest BCUT2D eigenvalue weighted by atomic mass is 9.81. The predicted molar refractivity (Wildman–Crippen MR) is 122 cm³/mol. The van der Waals surface area contributed by atoms with Crippen molar-refractivity contribution in [2.75, 3.05) is 36.9 Å². The molecule has 1 spiro atoms. The molecule has 1 saturated heterocycles. The van der Waals surface area contributed by atoms with Gasteiger partial charge in [0, 0.05) is 40.8 Å². The molecule has 0 aliphatic carbocycles. The Labute approximate surface area is 185 Å². The number of aryl methyl sites for hydroxylation is 1. The number of likely N-dealkylation sites (tertiary alicyclic amines) is 1. The van der Waals surface area contributed by atoms with E-state index in [-0.39, 0.29) is 17.1 Å². The second kappa shape index (κ2) is 7.73. The van der Waals surface area contributed by atoms with Crippen LogP contribution in [0.15, 0.2) is 47.8 Å². The summed E-state index contributed by atoms with van der Waals surface area (Å²) in [5, 5.41) is 6.09. The fraction of sp³-hybridized carbons (Fsp3) is 0.333. The molecule has 1 amide bonds. The van der Waals surface area contributed by atoms with E-state index in [2.05, 4.69) is 44.7 Å². The molecule has 160 valence electrons. The molecule has 1 N–H and O–H groups in total. The zero-order valence-electron chi connectivity index (χ0n) is 17.7. The molecule has 5 rings (SSSR count). The Hall–Kier alpha value is -2.77. The molecule has 1 aromatic heterocycles. The molecule has 1 unspecified atom stereocenters. The number of fused-ring (bicyclic) bond motifs is 2. The van der Waals surface area contributed by atoms with Gasteiger partial charge in [0.25, 0.3) is 5.91 Å². The van der Waals surface area contributed by atoms with Crippen molar-refractivity contribution in [2.24, 2.45) is 0 Å². The van der Waals surface area contributed by atoms with Gasteiger partial charge in [0.05, 0.1) is 17.2 Å². The largest absolute Gasteiger partial charge is 0.364 e. The van der Waals surface area contributed by atoms with Crippen LogP contribution in [0.3, 0.4) is 0 Å². The molecule has 2 aliphatic rings. The number of rotatable bonds is 4. The average molecular weight is 437 g/mol. The topological polar surface area (TPSA) is 48.5 Å². The quantitative estimate of drug-likeness (QED) is 0.657. The number of likely N-dealkylation sites (N-methyl/N-ethyl adjacent to an activating group) is 1. The first-order valence-electron chi connectivity index (χ1n) is 10.5. The van der Waals surface area contributed by atoms with E-state index in [0.29, 0.717) is 11.3 Å². The van der Waals surface area contributed by atoms with E-state index >= 15 is 0 Å². The van der Waals surface area contributed by atoms with Crippen LogP contribution in [-0.4, -0.2) is 42.5 Å². The molecule has 2 aromatic carbocycles. The van der Waals surface area contributed by atoms with E-state index in [1.807, 2.05) is 13.0 Å². The van der Waals surface area contributed by atoms with Crippen molar-refractivity contribution in [3.63, 3.8) is 0 Å². The van der Waals surface area contributed by atoms with Crippen LogP contribution in [0, 0.1) is 12.7 Å². The van der Waals surface area contributed by atoms with Crippen LogP contribution in [0.2, 0.25) is 0 Å². The van der Waals surface area contributed by atoms with Gasteiger partial charge in [-0.2, -0.15) is 0 Å². The summed E-state index contributed by atoms with van der Waals surface area (Å²) >= 11 is 1.68. The highest BCUT2D eigenvalue weighted by atomic mass is 32.1. The van der Waals surface area contributed by atoms with Gasteiger partial charge >= 0.3 is 0 Å². The third-order valence-corrected chi connectivity index (χ3v) is 7.15. The number of benzene rings is 2. The van der Waals surface area contributed by atoms with Crippen molar-refractivity contribution in [3.8, 4) is 0 Å². The lowest BCUT2D eigenvalue weighted by Gasteiger charge is -2.25. The van der Waals surface area contributed by atoms with Crippen molar-refractivity contribution >= 4 is 28.6 Å². The van der Waals surface area contributed by atoms with Crippen LogP contribution in [0.4, 0.5) is 15.8 Å². The number of carbonyl (C=O) groups excluding carboxylic acids is 1. The highest BCUT2D eigenvalue weighted by molar-refractivity contribution is 7.09. The molecule has 3 aromatic rings. The van der Waals surface area contributed by atoms with Crippen molar-refractivity contribution in [1.29, 1.82) is 0 Å². The number of hydrogen-bond acceptors (Lipinski definition) is 5. The first-order valence-corrected chi connectivity index (χ1v) is 11.4. The van der Waals surface area contributed by atoms with Gasteiger partial charge in [-0.15, -0.1) is 11.3 Å². The minimum absolute atomic E-state index is 0.0291. The Morgan fingerprint density at radius 1 is 1.23 bits per heavy atom. The summed E-state index contributed by atoms with van der Waals surface area (Å²) in [5.41, 5.74) is 4.78. The molecule has 5 nitrogen and oxygen atoms in total. The second-order valence-electron chi connectivity index (χ2n) is 8.67. The van der Waals surface area contributed by atoms with E-state index in [1.54, 1.807) is 23.5 Å². The molecule has 3 heterocycles. The van der Waals surface area contributed by atoms with E-state index in [9.17, 15) is 9.18 Å². The zero-order valence-corrected chi connectivity index (χ0v) is 18.5. The van der Waals surface area contributed by atoms with Crippen molar-refractivity contribution < 1.29 is 9.18 Å². The SMILES string of the molecule is Cc1nc(CN2CC3(CCN(C)C3)c3cc(C(=O)Nc4ccc(F)cc4)ccc32)cs1. The van der Waals surface area contributed by atoms with Crippen molar-refractivity contribution in [3.05, 3.63) is 75.5 Å². The maximum Gasteiger partial charge on any atom is 0.255 e. The number of nitrogens with zero attached hydrogens (tertiary/aromatic N) is 3. The van der Waals surface area contributed by atoms with Crippen molar-refractivity contribution in [1.82, 2.24) is 9.88 Å². The summed E-state index contributed by atoms with van der Waals surface area (Å²) in [6.45, 7) is 5.78. The minimum Gasteiger partial charge on any atom is -0.364 e.